The average Bonchev–Trinajstić information content (AvgIpc) is 2.29. The molecule has 2 heteroatoms. The Morgan fingerprint density at radius 1 is 1.50 bits per heavy atom. The molecule has 0 saturated carbocycles. The van der Waals surface area contributed by atoms with Gasteiger partial charge in [-0.2, -0.15) is 0 Å². The number of aliphatic hydroxyl groups excluding tert-OH is 1. The summed E-state index contributed by atoms with van der Waals surface area (Å²) in [4.78, 5) is 0. The van der Waals surface area contributed by atoms with E-state index in [1.807, 2.05) is 30.3 Å². The summed E-state index contributed by atoms with van der Waals surface area (Å²) in [5.41, 5.74) is 1.12. The summed E-state index contributed by atoms with van der Waals surface area (Å²) in [7, 11) is 1.65. The molecule has 1 rings (SSSR count). The van der Waals surface area contributed by atoms with Crippen molar-refractivity contribution in [2.75, 3.05) is 7.11 Å². The van der Waals surface area contributed by atoms with Crippen LogP contribution in [0.2, 0.25) is 0 Å². The maximum absolute atomic E-state index is 9.82. The number of unbranched alkanes of at least 4 members (excludes halogenated alkanes) is 1. The van der Waals surface area contributed by atoms with Crippen LogP contribution in [-0.4, -0.2) is 18.3 Å². The lowest BCUT2D eigenvalue weighted by Crippen LogP contribution is -2.10. The maximum Gasteiger partial charge on any atom is 0.119 e. The minimum absolute atomic E-state index is 0.271. The molecule has 0 radical (unpaired) electrons. The van der Waals surface area contributed by atoms with Crippen molar-refractivity contribution in [1.82, 2.24) is 0 Å². The molecule has 0 aliphatic rings. The minimum Gasteiger partial charge on any atom is -0.497 e. The molecule has 0 heterocycles. The molecule has 0 aliphatic heterocycles. The van der Waals surface area contributed by atoms with Crippen molar-refractivity contribution < 1.29 is 9.84 Å². The van der Waals surface area contributed by atoms with Gasteiger partial charge in [0.05, 0.1) is 13.2 Å². The van der Waals surface area contributed by atoms with E-state index in [1.165, 1.54) is 0 Å². The van der Waals surface area contributed by atoms with Gasteiger partial charge in [0, 0.05) is 0 Å². The number of allylic oxidation sites excluding steroid dienone is 1. The molecule has 0 aromatic heterocycles. The molecular weight excluding hydrogens is 200 g/mol. The van der Waals surface area contributed by atoms with Crippen LogP contribution in [0.4, 0.5) is 0 Å². The first-order chi connectivity index (χ1) is 7.76. The zero-order valence-corrected chi connectivity index (χ0v) is 9.86. The first-order valence-electron chi connectivity index (χ1n) is 5.68. The Bertz CT molecular complexity index is 320. The van der Waals surface area contributed by atoms with Gasteiger partial charge in [0.25, 0.3) is 0 Å². The highest BCUT2D eigenvalue weighted by Crippen LogP contribution is 2.15. The number of hydrogen-bond donors (Lipinski definition) is 1. The summed E-state index contributed by atoms with van der Waals surface area (Å²) in [6.45, 7) is 3.67. The van der Waals surface area contributed by atoms with Crippen LogP contribution in [0.1, 0.15) is 24.8 Å². The fourth-order valence-corrected chi connectivity index (χ4v) is 1.67. The van der Waals surface area contributed by atoms with Crippen molar-refractivity contribution in [3.8, 4) is 5.75 Å². The van der Waals surface area contributed by atoms with Crippen molar-refractivity contribution in [3.63, 3.8) is 0 Å². The van der Waals surface area contributed by atoms with E-state index in [1.54, 1.807) is 7.11 Å². The van der Waals surface area contributed by atoms with Gasteiger partial charge >= 0.3 is 0 Å². The number of methoxy groups -OCH3 is 1. The molecule has 0 fully saturated rings. The van der Waals surface area contributed by atoms with Crippen LogP contribution < -0.4 is 4.74 Å². The van der Waals surface area contributed by atoms with Crippen LogP contribution >= 0.6 is 0 Å². The summed E-state index contributed by atoms with van der Waals surface area (Å²) in [6, 6.07) is 7.84. The number of rotatable bonds is 7. The van der Waals surface area contributed by atoms with Gasteiger partial charge in [-0.15, -0.1) is 6.58 Å². The van der Waals surface area contributed by atoms with Gasteiger partial charge in [0.2, 0.25) is 0 Å². The highest BCUT2D eigenvalue weighted by Gasteiger charge is 2.05. The van der Waals surface area contributed by atoms with E-state index in [2.05, 4.69) is 6.58 Å². The fraction of sp³-hybridized carbons (Fsp3) is 0.429. The third-order valence-corrected chi connectivity index (χ3v) is 2.55. The number of hydrogen-bond acceptors (Lipinski definition) is 2. The smallest absolute Gasteiger partial charge is 0.119 e. The molecule has 1 unspecified atom stereocenters. The Morgan fingerprint density at radius 2 is 2.31 bits per heavy atom. The molecule has 0 spiro atoms. The molecule has 0 aliphatic carbocycles. The lowest BCUT2D eigenvalue weighted by atomic mass is 10.0. The molecular formula is C14H20O2. The number of ether oxygens (including phenoxy) is 1. The lowest BCUT2D eigenvalue weighted by Gasteiger charge is -2.10. The van der Waals surface area contributed by atoms with Crippen LogP contribution in [0, 0.1) is 0 Å². The van der Waals surface area contributed by atoms with E-state index in [0.29, 0.717) is 6.42 Å². The van der Waals surface area contributed by atoms with Gasteiger partial charge < -0.3 is 9.84 Å². The first kappa shape index (κ1) is 12.8. The summed E-state index contributed by atoms with van der Waals surface area (Å²) in [5, 5.41) is 9.82. The second kappa shape index (κ2) is 7.07. The first-order valence-corrected chi connectivity index (χ1v) is 5.68. The van der Waals surface area contributed by atoms with Gasteiger partial charge in [-0.05, 0) is 43.4 Å². The average molecular weight is 220 g/mol. The zero-order chi connectivity index (χ0) is 11.8. The monoisotopic (exact) mass is 220 g/mol. The maximum atomic E-state index is 9.82. The molecule has 0 bridgehead atoms. The van der Waals surface area contributed by atoms with Crippen molar-refractivity contribution in [2.24, 2.45) is 0 Å². The van der Waals surface area contributed by atoms with Gasteiger partial charge in [-0.3, -0.25) is 0 Å². The molecule has 2 nitrogen and oxygen atoms in total. The van der Waals surface area contributed by atoms with Gasteiger partial charge in [0.1, 0.15) is 5.75 Å². The topological polar surface area (TPSA) is 29.5 Å². The molecule has 88 valence electrons. The second-order valence-corrected chi connectivity index (χ2v) is 3.93. The molecule has 1 atom stereocenters. The summed E-state index contributed by atoms with van der Waals surface area (Å²) >= 11 is 0. The van der Waals surface area contributed by atoms with E-state index >= 15 is 0 Å². The Morgan fingerprint density at radius 3 is 3.00 bits per heavy atom. The predicted molar refractivity (Wildman–Crippen MR) is 66.8 cm³/mol. The van der Waals surface area contributed by atoms with Crippen LogP contribution in [0.15, 0.2) is 36.9 Å². The van der Waals surface area contributed by atoms with Crippen LogP contribution in [0.5, 0.6) is 5.75 Å². The normalized spacial score (nSPS) is 12.1. The number of benzene rings is 1. The summed E-state index contributed by atoms with van der Waals surface area (Å²) < 4.78 is 5.14. The second-order valence-electron chi connectivity index (χ2n) is 3.93. The van der Waals surface area contributed by atoms with E-state index in [9.17, 15) is 5.11 Å². The molecule has 0 saturated heterocycles. The van der Waals surface area contributed by atoms with Crippen molar-refractivity contribution in [3.05, 3.63) is 42.5 Å². The van der Waals surface area contributed by atoms with Crippen LogP contribution in [0.3, 0.4) is 0 Å². The predicted octanol–water partition coefficient (Wildman–Crippen LogP) is 2.95. The third-order valence-electron chi connectivity index (χ3n) is 2.55. The zero-order valence-electron chi connectivity index (χ0n) is 9.86. The molecule has 1 N–H and O–H groups in total. The van der Waals surface area contributed by atoms with E-state index < -0.39 is 0 Å². The van der Waals surface area contributed by atoms with Gasteiger partial charge in [-0.25, -0.2) is 0 Å². The Balaban J connectivity index is 2.42. The summed E-state index contributed by atoms with van der Waals surface area (Å²) in [5.74, 6) is 0.843. The number of aliphatic hydroxyl groups is 1. The molecule has 16 heavy (non-hydrogen) atoms. The Labute approximate surface area is 97.6 Å². The van der Waals surface area contributed by atoms with E-state index in [0.717, 1.165) is 30.6 Å². The Kier molecular flexibility index (Phi) is 5.65. The Hall–Kier alpha value is -1.28. The molecule has 1 aromatic rings. The summed E-state index contributed by atoms with van der Waals surface area (Å²) in [6.07, 6.45) is 5.09. The van der Waals surface area contributed by atoms with Crippen LogP contribution in [0.25, 0.3) is 0 Å². The van der Waals surface area contributed by atoms with Gasteiger partial charge in [-0.1, -0.05) is 18.2 Å². The lowest BCUT2D eigenvalue weighted by molar-refractivity contribution is 0.162. The quantitative estimate of drug-likeness (QED) is 0.565. The van der Waals surface area contributed by atoms with Crippen molar-refractivity contribution >= 4 is 0 Å². The highest BCUT2D eigenvalue weighted by atomic mass is 16.5. The molecule has 0 amide bonds. The highest BCUT2D eigenvalue weighted by molar-refractivity contribution is 5.28. The van der Waals surface area contributed by atoms with Crippen molar-refractivity contribution in [1.29, 1.82) is 0 Å². The van der Waals surface area contributed by atoms with E-state index in [4.69, 9.17) is 4.74 Å². The van der Waals surface area contributed by atoms with Crippen molar-refractivity contribution in [2.45, 2.75) is 31.8 Å². The largest absolute Gasteiger partial charge is 0.497 e. The third kappa shape index (κ3) is 4.49. The minimum atomic E-state index is -0.271. The SMILES string of the molecule is C=CCCCC(O)Cc1cccc(OC)c1. The standard InChI is InChI=1S/C14H20O2/c1-3-4-5-8-13(15)10-12-7-6-9-14(11-12)16-2/h3,6-7,9,11,13,15H,1,4-5,8,10H2,2H3. The van der Waals surface area contributed by atoms with E-state index in [-0.39, 0.29) is 6.10 Å². The van der Waals surface area contributed by atoms with Crippen LogP contribution in [-0.2, 0) is 6.42 Å². The van der Waals surface area contributed by atoms with Gasteiger partial charge in [0.15, 0.2) is 0 Å². The fourth-order valence-electron chi connectivity index (χ4n) is 1.67. The molecule has 1 aromatic carbocycles.